The van der Waals surface area contributed by atoms with Crippen molar-refractivity contribution in [2.45, 2.75) is 51.9 Å². The minimum Gasteiger partial charge on any atom is -0.458 e. The van der Waals surface area contributed by atoms with Crippen LogP contribution in [0.4, 0.5) is 0 Å². The van der Waals surface area contributed by atoms with E-state index in [9.17, 15) is 9.59 Å². The molecule has 2 unspecified atom stereocenters. The fourth-order valence-corrected chi connectivity index (χ4v) is 5.07. The normalized spacial score (nSPS) is 13.0. The molecule has 5 rings (SSSR count). The van der Waals surface area contributed by atoms with Crippen molar-refractivity contribution in [1.29, 1.82) is 0 Å². The van der Waals surface area contributed by atoms with E-state index in [0.717, 1.165) is 33.2 Å². The lowest BCUT2D eigenvalue weighted by Crippen LogP contribution is -2.41. The van der Waals surface area contributed by atoms with Crippen LogP contribution in [0.25, 0.3) is 11.0 Å². The van der Waals surface area contributed by atoms with Gasteiger partial charge in [-0.3, -0.25) is 14.6 Å². The summed E-state index contributed by atoms with van der Waals surface area (Å²) in [7, 11) is 0. The van der Waals surface area contributed by atoms with E-state index in [0.29, 0.717) is 11.3 Å². The zero-order chi connectivity index (χ0) is 29.9. The minimum absolute atomic E-state index is 0.0897. The van der Waals surface area contributed by atoms with Gasteiger partial charge in [0.1, 0.15) is 23.0 Å². The van der Waals surface area contributed by atoms with Gasteiger partial charge in [-0.05, 0) is 85.8 Å². The number of primary amides is 1. The highest BCUT2D eigenvalue weighted by Gasteiger charge is 2.33. The van der Waals surface area contributed by atoms with Crippen LogP contribution in [0, 0.1) is 13.8 Å². The number of benzene rings is 3. The van der Waals surface area contributed by atoms with Crippen LogP contribution >= 0.6 is 0 Å². The molecule has 5 aromatic rings. The van der Waals surface area contributed by atoms with E-state index in [-0.39, 0.29) is 18.4 Å². The summed E-state index contributed by atoms with van der Waals surface area (Å²) < 4.78 is 12.4. The number of fused-ring (bicyclic) bond motifs is 1. The molecule has 3 aromatic carbocycles. The quantitative estimate of drug-likeness (QED) is 0.209. The number of hydrogen-bond acceptors (Lipinski definition) is 5. The molecular formula is C35H35N3O4. The molecule has 7 heteroatoms. The van der Waals surface area contributed by atoms with Crippen LogP contribution in [0.5, 0.6) is 0 Å². The summed E-state index contributed by atoms with van der Waals surface area (Å²) in [5, 5.41) is 4.08. The van der Waals surface area contributed by atoms with Crippen molar-refractivity contribution in [2.24, 2.45) is 5.73 Å². The monoisotopic (exact) mass is 561 g/mol. The summed E-state index contributed by atoms with van der Waals surface area (Å²) in [4.78, 5) is 29.5. The molecule has 2 atom stereocenters. The molecule has 0 spiro atoms. The van der Waals surface area contributed by atoms with Gasteiger partial charge in [0.15, 0.2) is 0 Å². The van der Waals surface area contributed by atoms with Gasteiger partial charge in [-0.15, -0.1) is 0 Å². The number of carbonyl (C=O) groups is 2. The van der Waals surface area contributed by atoms with Crippen LogP contribution in [0.3, 0.4) is 0 Å². The van der Waals surface area contributed by atoms with Gasteiger partial charge < -0.3 is 20.2 Å². The molecule has 3 N–H and O–H groups in total. The topological polar surface area (TPSA) is 107 Å². The predicted octanol–water partition coefficient (Wildman–Crippen LogP) is 6.26. The summed E-state index contributed by atoms with van der Waals surface area (Å²) in [6.45, 7) is 7.39. The second-order valence-electron chi connectivity index (χ2n) is 11.1. The van der Waals surface area contributed by atoms with Crippen molar-refractivity contribution < 1.29 is 18.7 Å². The standard InChI is InChI=1S/C35H35N3O4/c1-22-10-12-28(23(2)18-22)32(25-8-6-5-7-9-25)38-31(39)20-24-11-13-29-27(19-24)21-30(41-29)33(26-14-16-37-17-15-26)42-35(3,4)34(36)40/h5-19,21,32-33H,20H2,1-4H3,(H2,36,40)(H,38,39). The van der Waals surface area contributed by atoms with Crippen molar-refractivity contribution in [3.63, 3.8) is 0 Å². The first-order chi connectivity index (χ1) is 20.1. The maximum Gasteiger partial charge on any atom is 0.249 e. The molecule has 0 bridgehead atoms. The number of ether oxygens (including phenoxy) is 1. The summed E-state index contributed by atoms with van der Waals surface area (Å²) in [6, 6.07) is 27.2. The molecule has 0 aliphatic heterocycles. The third kappa shape index (κ3) is 6.42. The van der Waals surface area contributed by atoms with E-state index in [1.54, 1.807) is 26.2 Å². The molecular weight excluding hydrogens is 526 g/mol. The number of pyridine rings is 1. The van der Waals surface area contributed by atoms with Crippen molar-refractivity contribution in [2.75, 3.05) is 0 Å². The second kappa shape index (κ2) is 12.0. The van der Waals surface area contributed by atoms with E-state index >= 15 is 0 Å². The first-order valence-corrected chi connectivity index (χ1v) is 13.9. The number of nitrogens with zero attached hydrogens (tertiary/aromatic N) is 1. The summed E-state index contributed by atoms with van der Waals surface area (Å²) in [6.07, 6.45) is 2.83. The summed E-state index contributed by atoms with van der Waals surface area (Å²) in [5.74, 6) is -0.153. The highest BCUT2D eigenvalue weighted by atomic mass is 16.5. The Hall–Kier alpha value is -4.75. The van der Waals surface area contributed by atoms with E-state index in [2.05, 4.69) is 42.3 Å². The van der Waals surface area contributed by atoms with Crippen LogP contribution in [-0.4, -0.2) is 22.4 Å². The fourth-order valence-electron chi connectivity index (χ4n) is 5.07. The smallest absolute Gasteiger partial charge is 0.249 e. The molecule has 0 radical (unpaired) electrons. The molecule has 0 saturated heterocycles. The molecule has 214 valence electrons. The van der Waals surface area contributed by atoms with Gasteiger partial charge in [0.2, 0.25) is 11.8 Å². The minimum atomic E-state index is -1.23. The van der Waals surface area contributed by atoms with E-state index in [1.807, 2.05) is 66.7 Å². The number of nitrogens with one attached hydrogen (secondary N) is 1. The Labute approximate surface area is 245 Å². The lowest BCUT2D eigenvalue weighted by Gasteiger charge is -2.27. The van der Waals surface area contributed by atoms with Gasteiger partial charge in [-0.1, -0.05) is 60.2 Å². The summed E-state index contributed by atoms with van der Waals surface area (Å²) >= 11 is 0. The Balaban J connectivity index is 1.40. The molecule has 2 heterocycles. The Morgan fingerprint density at radius 3 is 2.36 bits per heavy atom. The predicted molar refractivity (Wildman–Crippen MR) is 163 cm³/mol. The highest BCUT2D eigenvalue weighted by Crippen LogP contribution is 2.34. The average Bonchev–Trinajstić information content (AvgIpc) is 3.39. The number of nitrogens with two attached hydrogens (primary N) is 1. The number of amides is 2. The van der Waals surface area contributed by atoms with Gasteiger partial charge in [0, 0.05) is 17.8 Å². The van der Waals surface area contributed by atoms with Crippen LogP contribution in [0.1, 0.15) is 65.1 Å². The Kier molecular flexibility index (Phi) is 8.22. The van der Waals surface area contributed by atoms with Crippen LogP contribution < -0.4 is 11.1 Å². The van der Waals surface area contributed by atoms with Gasteiger partial charge in [-0.25, -0.2) is 0 Å². The lowest BCUT2D eigenvalue weighted by molar-refractivity contribution is -0.145. The molecule has 2 amide bonds. The van der Waals surface area contributed by atoms with Gasteiger partial charge in [0.25, 0.3) is 0 Å². The Morgan fingerprint density at radius 1 is 0.929 bits per heavy atom. The van der Waals surface area contributed by atoms with Crippen molar-refractivity contribution >= 4 is 22.8 Å². The SMILES string of the molecule is Cc1ccc(C(NC(=O)Cc2ccc3oc(C(OC(C)(C)C(N)=O)c4ccncc4)cc3c2)c2ccccc2)c(C)c1. The maximum atomic E-state index is 13.4. The Bertz CT molecular complexity index is 1710. The largest absolute Gasteiger partial charge is 0.458 e. The first-order valence-electron chi connectivity index (χ1n) is 13.9. The second-order valence-corrected chi connectivity index (χ2v) is 11.1. The van der Waals surface area contributed by atoms with Crippen molar-refractivity contribution in [3.05, 3.63) is 136 Å². The number of carbonyl (C=O) groups excluding carboxylic acids is 2. The third-order valence-electron chi connectivity index (χ3n) is 7.41. The van der Waals surface area contributed by atoms with Gasteiger partial charge in [0.05, 0.1) is 12.5 Å². The average molecular weight is 562 g/mol. The van der Waals surface area contributed by atoms with Gasteiger partial charge in [-0.2, -0.15) is 0 Å². The zero-order valence-corrected chi connectivity index (χ0v) is 24.3. The lowest BCUT2D eigenvalue weighted by atomic mass is 9.93. The zero-order valence-electron chi connectivity index (χ0n) is 24.3. The number of aromatic nitrogens is 1. The van der Waals surface area contributed by atoms with Crippen molar-refractivity contribution in [3.8, 4) is 0 Å². The van der Waals surface area contributed by atoms with E-state index < -0.39 is 17.6 Å². The van der Waals surface area contributed by atoms with E-state index in [4.69, 9.17) is 14.9 Å². The molecule has 42 heavy (non-hydrogen) atoms. The molecule has 2 aromatic heterocycles. The molecule has 0 saturated carbocycles. The Morgan fingerprint density at radius 2 is 1.67 bits per heavy atom. The number of rotatable bonds is 10. The first kappa shape index (κ1) is 28.8. The number of aryl methyl sites for hydroxylation is 2. The maximum absolute atomic E-state index is 13.4. The highest BCUT2D eigenvalue weighted by molar-refractivity contribution is 5.84. The van der Waals surface area contributed by atoms with Crippen molar-refractivity contribution in [1.82, 2.24) is 10.3 Å². The summed E-state index contributed by atoms with van der Waals surface area (Å²) in [5.41, 5.74) is 11.0. The van der Waals surface area contributed by atoms with Crippen LogP contribution in [-0.2, 0) is 20.7 Å². The van der Waals surface area contributed by atoms with Crippen LogP contribution in [0.2, 0.25) is 0 Å². The third-order valence-corrected chi connectivity index (χ3v) is 7.41. The number of hydrogen-bond donors (Lipinski definition) is 2. The number of furan rings is 1. The van der Waals surface area contributed by atoms with Crippen LogP contribution in [0.15, 0.2) is 102 Å². The van der Waals surface area contributed by atoms with Gasteiger partial charge >= 0.3 is 0 Å². The fraction of sp³-hybridized carbons (Fsp3) is 0.229. The molecule has 7 nitrogen and oxygen atoms in total. The molecule has 0 aliphatic rings. The molecule has 0 fully saturated rings. The van der Waals surface area contributed by atoms with E-state index in [1.165, 1.54) is 5.56 Å². The molecule has 0 aliphatic carbocycles.